The molecule has 9 nitrogen and oxygen atoms in total. The molecule has 0 N–H and O–H groups in total. The van der Waals surface area contributed by atoms with Crippen molar-refractivity contribution in [3.05, 3.63) is 229 Å². The van der Waals surface area contributed by atoms with E-state index < -0.39 is 16.8 Å². The van der Waals surface area contributed by atoms with Crippen LogP contribution in [0.1, 0.15) is 88.6 Å². The molecule has 0 spiro atoms. The van der Waals surface area contributed by atoms with Crippen molar-refractivity contribution in [3.63, 3.8) is 0 Å². The molecule has 3 heterocycles. The minimum Gasteiger partial charge on any atom is -0.361 e. The van der Waals surface area contributed by atoms with E-state index in [4.69, 9.17) is 33.9 Å². The van der Waals surface area contributed by atoms with Crippen LogP contribution in [0.5, 0.6) is 0 Å². The molecular weight excluding hydrogens is 844 g/mol. The van der Waals surface area contributed by atoms with Crippen LogP contribution in [0.3, 0.4) is 0 Å². The Balaban J connectivity index is 0.000000147. The summed E-state index contributed by atoms with van der Waals surface area (Å²) in [6.07, 6.45) is 5.11. The van der Waals surface area contributed by atoms with E-state index in [0.717, 1.165) is 68.9 Å². The van der Waals surface area contributed by atoms with Crippen molar-refractivity contribution in [2.24, 2.45) is 0 Å². The third-order valence-electron chi connectivity index (χ3n) is 12.2. The molecule has 0 bridgehead atoms. The number of ether oxygens (including phenoxy) is 3. The van der Waals surface area contributed by atoms with Gasteiger partial charge in [0.1, 0.15) is 53.1 Å². The lowest BCUT2D eigenvalue weighted by Crippen LogP contribution is -2.27. The van der Waals surface area contributed by atoms with E-state index in [1.807, 2.05) is 36.4 Å². The van der Waals surface area contributed by atoms with Gasteiger partial charge in [-0.3, -0.25) is 0 Å². The van der Waals surface area contributed by atoms with E-state index in [1.165, 1.54) is 36.4 Å². The van der Waals surface area contributed by atoms with Crippen molar-refractivity contribution < 1.29 is 41.8 Å². The van der Waals surface area contributed by atoms with Crippen LogP contribution in [0.25, 0.3) is 14.5 Å². The summed E-state index contributed by atoms with van der Waals surface area (Å²) in [5.74, 6) is -0.928. The molecule has 0 aliphatic carbocycles. The zero-order valence-electron chi connectivity index (χ0n) is 35.6. The monoisotopic (exact) mass is 885 g/mol. The Morgan fingerprint density at radius 1 is 0.424 bits per heavy atom. The number of nitrogens with zero attached hydrogens (tertiary/aromatic N) is 3. The summed E-state index contributed by atoms with van der Waals surface area (Å²) >= 11 is 0. The second-order valence-electron chi connectivity index (χ2n) is 15.8. The van der Waals surface area contributed by atoms with E-state index in [1.54, 1.807) is 54.6 Å². The summed E-state index contributed by atoms with van der Waals surface area (Å²) in [4.78, 5) is 42.8. The van der Waals surface area contributed by atoms with Crippen molar-refractivity contribution >= 4 is 35.9 Å². The lowest BCUT2D eigenvalue weighted by molar-refractivity contribution is -0.110. The van der Waals surface area contributed by atoms with Gasteiger partial charge in [-0.1, -0.05) is 91.0 Å². The normalized spacial score (nSPS) is 19.5. The van der Waals surface area contributed by atoms with Crippen molar-refractivity contribution in [2.75, 3.05) is 0 Å². The zero-order valence-corrected chi connectivity index (χ0v) is 35.6. The Bertz CT molecular complexity index is 2560. The fourth-order valence-corrected chi connectivity index (χ4v) is 9.04. The van der Waals surface area contributed by atoms with Gasteiger partial charge in [-0.05, 0) is 106 Å². The van der Waals surface area contributed by atoms with Gasteiger partial charge < -0.3 is 28.6 Å². The molecule has 6 aromatic rings. The molecule has 6 aromatic carbocycles. The number of hydrogen-bond donors (Lipinski definition) is 0. The van der Waals surface area contributed by atoms with Gasteiger partial charge in [0.15, 0.2) is 17.1 Å². The van der Waals surface area contributed by atoms with Crippen LogP contribution in [0.4, 0.5) is 30.2 Å². The van der Waals surface area contributed by atoms with Gasteiger partial charge >= 0.3 is 0 Å². The largest absolute Gasteiger partial charge is 0.361 e. The maximum absolute atomic E-state index is 13.2. The lowest BCUT2D eigenvalue weighted by atomic mass is 9.82. The lowest BCUT2D eigenvalue weighted by Gasteiger charge is -2.30. The van der Waals surface area contributed by atoms with Crippen molar-refractivity contribution in [2.45, 2.75) is 75.1 Å². The van der Waals surface area contributed by atoms with Crippen molar-refractivity contribution in [1.29, 1.82) is 0 Å². The number of carbonyl (C=O) groups excluding carboxylic acids is 3. The van der Waals surface area contributed by atoms with E-state index >= 15 is 0 Å². The number of halogens is 3. The summed E-state index contributed by atoms with van der Waals surface area (Å²) in [6, 6.07) is 34.9. The molecule has 12 heteroatoms. The fourth-order valence-electron chi connectivity index (χ4n) is 9.04. The van der Waals surface area contributed by atoms with Gasteiger partial charge in [-0.25, -0.2) is 27.7 Å². The van der Waals surface area contributed by atoms with Gasteiger partial charge in [0.05, 0.1) is 39.5 Å². The zero-order chi connectivity index (χ0) is 46.7. The Morgan fingerprint density at radius 3 is 0.909 bits per heavy atom. The molecule has 3 aliphatic rings. The maximum Gasteiger partial charge on any atom is 0.187 e. The van der Waals surface area contributed by atoms with E-state index in [0.29, 0.717) is 75.4 Å². The highest BCUT2D eigenvalue weighted by Crippen LogP contribution is 2.49. The van der Waals surface area contributed by atoms with Crippen LogP contribution in [-0.2, 0) is 65.2 Å². The number of carbonyl (C=O) groups is 3. The van der Waals surface area contributed by atoms with Gasteiger partial charge in [0.2, 0.25) is 0 Å². The third kappa shape index (κ3) is 9.33. The van der Waals surface area contributed by atoms with Crippen LogP contribution >= 0.6 is 0 Å². The third-order valence-corrected chi connectivity index (χ3v) is 12.2. The summed E-state index contributed by atoms with van der Waals surface area (Å²) < 4.78 is 57.8. The van der Waals surface area contributed by atoms with E-state index in [-0.39, 0.29) is 17.5 Å². The molecule has 3 atom stereocenters. The number of benzene rings is 6. The molecule has 330 valence electrons. The molecule has 0 radical (unpaired) electrons. The van der Waals surface area contributed by atoms with Gasteiger partial charge in [0, 0.05) is 19.3 Å². The van der Waals surface area contributed by atoms with Gasteiger partial charge in [0.25, 0.3) is 0 Å². The van der Waals surface area contributed by atoms with Gasteiger partial charge in [-0.2, -0.15) is 0 Å². The maximum atomic E-state index is 13.2. The highest BCUT2D eigenvalue weighted by Gasteiger charge is 2.43. The van der Waals surface area contributed by atoms with Crippen molar-refractivity contribution in [3.8, 4) is 0 Å². The smallest absolute Gasteiger partial charge is 0.187 e. The second kappa shape index (κ2) is 20.5. The predicted octanol–water partition coefficient (Wildman–Crippen LogP) is 12.4. The summed E-state index contributed by atoms with van der Waals surface area (Å²) in [7, 11) is 0. The minimum absolute atomic E-state index is 0.309. The standard InChI is InChI=1S/3C18H14FNO2/c3*1-20-16-7-8-17-13(11-16)12-22-18(17,9-2-10-21)14-3-5-15(19)6-4-14/h3*3-8,10-11H,2,9,12H2/t2*18-;/m10./s1. The Morgan fingerprint density at radius 2 is 0.682 bits per heavy atom. The quantitative estimate of drug-likeness (QED) is 0.0898. The number of fused-ring (bicyclic) bond motifs is 3. The Labute approximate surface area is 380 Å². The first-order chi connectivity index (χ1) is 32.1. The molecule has 0 aromatic heterocycles. The molecular formula is C54H42F3N3O6. The highest BCUT2D eigenvalue weighted by molar-refractivity contribution is 5.59. The van der Waals surface area contributed by atoms with Crippen molar-refractivity contribution in [1.82, 2.24) is 0 Å². The summed E-state index contributed by atoms with van der Waals surface area (Å²) in [6.45, 7) is 22.5. The fraction of sp³-hybridized carbons (Fsp3) is 0.222. The van der Waals surface area contributed by atoms with E-state index in [2.05, 4.69) is 14.5 Å². The Kier molecular flexibility index (Phi) is 14.5. The average molecular weight is 886 g/mol. The summed E-state index contributed by atoms with van der Waals surface area (Å²) in [5, 5.41) is 0. The number of hydrogen-bond acceptors (Lipinski definition) is 6. The Hall–Kier alpha value is -7.53. The van der Waals surface area contributed by atoms with Crippen LogP contribution in [0.15, 0.2) is 127 Å². The average Bonchev–Trinajstić information content (AvgIpc) is 4.05. The minimum atomic E-state index is -0.746. The predicted molar refractivity (Wildman–Crippen MR) is 240 cm³/mol. The molecule has 9 rings (SSSR count). The molecule has 0 saturated heterocycles. The first-order valence-electron chi connectivity index (χ1n) is 21.1. The molecule has 66 heavy (non-hydrogen) atoms. The molecule has 0 saturated carbocycles. The number of aldehydes is 3. The van der Waals surface area contributed by atoms with Crippen LogP contribution in [0, 0.1) is 37.2 Å². The SMILES string of the molecule is [C-]#[N+]c1ccc2c(c1)COC2(CCC=O)c1ccc(F)cc1.[C-]#[N+]c1ccc2c(c1)CO[C@@]2(CCC=O)c1ccc(F)cc1.[C-]#[N+]c1ccc2c(c1)CO[C@]2(CCC=O)c1ccc(F)cc1. The van der Waals surface area contributed by atoms with Crippen LogP contribution in [0.2, 0.25) is 0 Å². The van der Waals surface area contributed by atoms with E-state index in [9.17, 15) is 27.6 Å². The number of rotatable bonds is 12. The molecule has 0 amide bonds. The molecule has 3 aliphatic heterocycles. The topological polar surface area (TPSA) is 92.0 Å². The van der Waals surface area contributed by atoms with Crippen LogP contribution in [-0.4, -0.2) is 18.9 Å². The molecule has 1 unspecified atom stereocenters. The molecule has 0 fully saturated rings. The van der Waals surface area contributed by atoms with Gasteiger partial charge in [-0.15, -0.1) is 0 Å². The highest BCUT2D eigenvalue weighted by atomic mass is 19.1. The van der Waals surface area contributed by atoms with Crippen LogP contribution < -0.4 is 0 Å². The first-order valence-corrected chi connectivity index (χ1v) is 21.1. The second-order valence-corrected chi connectivity index (χ2v) is 15.8. The first kappa shape index (κ1) is 46.5. The summed E-state index contributed by atoms with van der Waals surface area (Å²) in [5.41, 5.74) is 7.62.